The van der Waals surface area contributed by atoms with Crippen molar-refractivity contribution in [1.82, 2.24) is 14.1 Å². The number of carboxylic acid groups (broad SMARTS) is 1. The highest BCUT2D eigenvalue weighted by Gasteiger charge is 2.19. The lowest BCUT2D eigenvalue weighted by atomic mass is 10.2. The molecule has 3 aromatic rings. The highest BCUT2D eigenvalue weighted by atomic mass is 35.5. The summed E-state index contributed by atoms with van der Waals surface area (Å²) in [6.07, 6.45) is 1.29. The second-order valence-electron chi connectivity index (χ2n) is 7.98. The third-order valence-corrected chi connectivity index (χ3v) is 5.69. The number of carbonyl (C=O) groups is 1. The Balaban J connectivity index is 1.59. The second-order valence-corrected chi connectivity index (χ2v) is 8.41. The summed E-state index contributed by atoms with van der Waals surface area (Å²) < 4.78 is 8.19. The fraction of sp³-hybridized carbons (Fsp3) is 0.250. The molecule has 2 N–H and O–H groups in total. The molecule has 4 rings (SSSR count). The number of carboxylic acids is 1. The van der Waals surface area contributed by atoms with Crippen LogP contribution in [0.1, 0.15) is 18.1 Å². The molecule has 2 heterocycles. The largest absolute Gasteiger partial charge is 0.480 e. The molecule has 1 aromatic heterocycles. The molecule has 0 fully saturated rings. The van der Waals surface area contributed by atoms with Crippen molar-refractivity contribution in [2.45, 2.75) is 33.0 Å². The Bertz CT molecular complexity index is 1480. The van der Waals surface area contributed by atoms with Gasteiger partial charge < -0.3 is 15.2 Å². The number of hydrogen-bond acceptors (Lipinski definition) is 8. The summed E-state index contributed by atoms with van der Waals surface area (Å²) >= 11 is 5.97. The van der Waals surface area contributed by atoms with Gasteiger partial charge in [-0.3, -0.25) is 9.56 Å². The van der Waals surface area contributed by atoms with E-state index in [2.05, 4.69) is 20.3 Å². The smallest absolute Gasteiger partial charge is 0.354 e. The summed E-state index contributed by atoms with van der Waals surface area (Å²) in [6.45, 7) is 3.89. The Morgan fingerprint density at radius 3 is 2.56 bits per heavy atom. The van der Waals surface area contributed by atoms with E-state index in [9.17, 15) is 14.4 Å². The first-order chi connectivity index (χ1) is 17.2. The SMILES string of the molecule is CCn1c(=O)nc(Nc2ccc(OC3=NCC(C(=O)O)N=C3)c(C)c2)n(Cc2ccc(Cl)cc2)c1=O. The van der Waals surface area contributed by atoms with E-state index in [0.29, 0.717) is 16.5 Å². The Morgan fingerprint density at radius 1 is 1.19 bits per heavy atom. The molecule has 1 aliphatic heterocycles. The lowest BCUT2D eigenvalue weighted by Gasteiger charge is -2.16. The number of aliphatic imine (C=N–C) groups is 2. The number of nitrogens with zero attached hydrogens (tertiary/aromatic N) is 5. The quantitative estimate of drug-likeness (QED) is 0.497. The van der Waals surface area contributed by atoms with E-state index in [-0.39, 0.29) is 31.5 Å². The van der Waals surface area contributed by atoms with E-state index in [4.69, 9.17) is 21.4 Å². The molecule has 0 radical (unpaired) electrons. The van der Waals surface area contributed by atoms with E-state index in [1.54, 1.807) is 49.4 Å². The van der Waals surface area contributed by atoms with E-state index < -0.39 is 23.4 Å². The van der Waals surface area contributed by atoms with E-state index in [1.165, 1.54) is 10.8 Å². The van der Waals surface area contributed by atoms with Gasteiger partial charge in [0.1, 0.15) is 5.75 Å². The fourth-order valence-corrected chi connectivity index (χ4v) is 3.64. The van der Waals surface area contributed by atoms with Crippen LogP contribution in [0.5, 0.6) is 5.75 Å². The van der Waals surface area contributed by atoms with Crippen molar-refractivity contribution in [3.05, 3.63) is 79.6 Å². The standard InChI is InChI=1S/C24H23ClN6O5/c1-3-30-23(34)29-22(31(24(30)35)13-15-4-6-16(25)7-5-15)28-17-8-9-19(14(2)10-17)36-20-12-26-18(11-27-20)21(32)33/h4-10,12,18H,3,11,13H2,1-2H3,(H,32,33)(H,28,29,34). The van der Waals surface area contributed by atoms with Gasteiger partial charge >= 0.3 is 17.3 Å². The Hall–Kier alpha value is -4.25. The van der Waals surface area contributed by atoms with Crippen LogP contribution in [0.15, 0.2) is 62.0 Å². The molecule has 1 atom stereocenters. The van der Waals surface area contributed by atoms with Crippen molar-refractivity contribution >= 4 is 41.3 Å². The van der Waals surface area contributed by atoms with Crippen molar-refractivity contribution in [3.8, 4) is 5.75 Å². The number of rotatable bonds is 7. The molecule has 186 valence electrons. The summed E-state index contributed by atoms with van der Waals surface area (Å²) in [6, 6.07) is 11.3. The highest BCUT2D eigenvalue weighted by molar-refractivity contribution is 6.30. The van der Waals surface area contributed by atoms with Crippen molar-refractivity contribution < 1.29 is 14.6 Å². The zero-order valence-electron chi connectivity index (χ0n) is 19.5. The molecule has 1 unspecified atom stereocenters. The Labute approximate surface area is 210 Å². The summed E-state index contributed by atoms with van der Waals surface area (Å²) in [5, 5.41) is 12.6. The summed E-state index contributed by atoms with van der Waals surface area (Å²) in [7, 11) is 0. The van der Waals surface area contributed by atoms with Gasteiger partial charge in [0.05, 0.1) is 19.3 Å². The second kappa shape index (κ2) is 10.6. The first-order valence-corrected chi connectivity index (χ1v) is 11.4. The molecule has 36 heavy (non-hydrogen) atoms. The van der Waals surface area contributed by atoms with Crippen LogP contribution in [0, 0.1) is 6.92 Å². The maximum absolute atomic E-state index is 13.0. The average molecular weight is 511 g/mol. The zero-order valence-corrected chi connectivity index (χ0v) is 20.3. The molecule has 11 nitrogen and oxygen atoms in total. The van der Waals surface area contributed by atoms with Crippen LogP contribution in [-0.4, -0.2) is 49.9 Å². The molecule has 0 saturated heterocycles. The molecular weight excluding hydrogens is 488 g/mol. The molecule has 2 aromatic carbocycles. The number of aryl methyl sites for hydroxylation is 1. The minimum Gasteiger partial charge on any atom is -0.480 e. The molecule has 0 bridgehead atoms. The van der Waals surface area contributed by atoms with Gasteiger partial charge in [-0.25, -0.2) is 23.9 Å². The number of ether oxygens (including phenoxy) is 1. The number of nitrogens with one attached hydrogen (secondary N) is 1. The first kappa shape index (κ1) is 24.9. The minimum absolute atomic E-state index is 0.0000330. The summed E-state index contributed by atoms with van der Waals surface area (Å²) in [4.78, 5) is 48.6. The van der Waals surface area contributed by atoms with E-state index >= 15 is 0 Å². The normalized spacial score (nSPS) is 14.9. The van der Waals surface area contributed by atoms with E-state index in [1.807, 2.05) is 6.92 Å². The maximum atomic E-state index is 13.0. The van der Waals surface area contributed by atoms with Crippen LogP contribution < -0.4 is 21.4 Å². The number of aromatic nitrogens is 3. The van der Waals surface area contributed by atoms with Crippen molar-refractivity contribution in [2.75, 3.05) is 11.9 Å². The van der Waals surface area contributed by atoms with Gasteiger partial charge in [-0.05, 0) is 55.3 Å². The molecule has 0 amide bonds. The molecule has 0 aliphatic carbocycles. The summed E-state index contributed by atoms with van der Waals surface area (Å²) in [5.74, 6) is -0.248. The van der Waals surface area contributed by atoms with Gasteiger partial charge in [-0.2, -0.15) is 4.98 Å². The molecule has 0 spiro atoms. The fourth-order valence-electron chi connectivity index (χ4n) is 3.51. The highest BCUT2D eigenvalue weighted by Crippen LogP contribution is 2.24. The Kier molecular flexibility index (Phi) is 7.30. The minimum atomic E-state index is -1.05. The van der Waals surface area contributed by atoms with Crippen LogP contribution in [-0.2, 0) is 17.9 Å². The summed E-state index contributed by atoms with van der Waals surface area (Å²) in [5.41, 5.74) is 0.984. The lowest BCUT2D eigenvalue weighted by molar-refractivity contribution is -0.138. The van der Waals surface area contributed by atoms with Crippen LogP contribution in [0.4, 0.5) is 11.6 Å². The Morgan fingerprint density at radius 2 is 1.94 bits per heavy atom. The van der Waals surface area contributed by atoms with Crippen molar-refractivity contribution in [2.24, 2.45) is 9.98 Å². The van der Waals surface area contributed by atoms with Gasteiger partial charge in [-0.15, -0.1) is 0 Å². The van der Waals surface area contributed by atoms with Gasteiger partial charge in [0.2, 0.25) is 11.8 Å². The average Bonchev–Trinajstić information content (AvgIpc) is 2.85. The van der Waals surface area contributed by atoms with Crippen molar-refractivity contribution in [1.29, 1.82) is 0 Å². The van der Waals surface area contributed by atoms with Gasteiger partial charge in [0.25, 0.3) is 0 Å². The predicted molar refractivity (Wildman–Crippen MR) is 136 cm³/mol. The lowest BCUT2D eigenvalue weighted by Crippen LogP contribution is -2.42. The molecule has 12 heteroatoms. The number of benzene rings is 2. The van der Waals surface area contributed by atoms with E-state index in [0.717, 1.165) is 15.7 Å². The topological polar surface area (TPSA) is 140 Å². The van der Waals surface area contributed by atoms with Gasteiger partial charge in [0.15, 0.2) is 6.04 Å². The van der Waals surface area contributed by atoms with Crippen LogP contribution in [0.2, 0.25) is 5.02 Å². The first-order valence-electron chi connectivity index (χ1n) is 11.1. The molecular formula is C24H23ClN6O5. The number of hydrogen-bond donors (Lipinski definition) is 2. The van der Waals surface area contributed by atoms with Crippen LogP contribution in [0.3, 0.4) is 0 Å². The predicted octanol–water partition coefficient (Wildman–Crippen LogP) is 2.49. The van der Waals surface area contributed by atoms with Gasteiger partial charge in [-0.1, -0.05) is 23.7 Å². The number of halogens is 1. The third-order valence-electron chi connectivity index (χ3n) is 5.44. The van der Waals surface area contributed by atoms with Crippen LogP contribution in [0.25, 0.3) is 0 Å². The monoisotopic (exact) mass is 510 g/mol. The molecule has 0 saturated carbocycles. The number of aliphatic carboxylic acids is 1. The third kappa shape index (κ3) is 5.52. The van der Waals surface area contributed by atoms with Gasteiger partial charge in [0, 0.05) is 17.3 Å². The number of anilines is 2. The molecule has 1 aliphatic rings. The van der Waals surface area contributed by atoms with Crippen molar-refractivity contribution in [3.63, 3.8) is 0 Å². The van der Waals surface area contributed by atoms with Crippen LogP contribution >= 0.6 is 11.6 Å². The zero-order chi connectivity index (χ0) is 25.8. The maximum Gasteiger partial charge on any atom is 0.354 e.